The van der Waals surface area contributed by atoms with E-state index in [2.05, 4.69) is 67.8 Å². The smallest absolute Gasteiger partial charge is 0.220 e. The molecule has 4 heteroatoms. The molecule has 0 saturated heterocycles. The van der Waals surface area contributed by atoms with Gasteiger partial charge in [-0.15, -0.1) is 0 Å². The minimum atomic E-state index is -0.668. The first kappa shape index (κ1) is 39.4. The lowest BCUT2D eigenvalue weighted by molar-refractivity contribution is -0.123. The lowest BCUT2D eigenvalue weighted by atomic mass is 10.0. The van der Waals surface area contributed by atoms with Crippen molar-refractivity contribution in [2.45, 2.75) is 174 Å². The molecule has 0 aliphatic rings. The lowest BCUT2D eigenvalue weighted by Crippen LogP contribution is -2.45. The van der Waals surface area contributed by atoms with Crippen molar-refractivity contribution in [3.63, 3.8) is 0 Å². The molecule has 4 nitrogen and oxygen atoms in total. The van der Waals surface area contributed by atoms with Crippen molar-refractivity contribution in [2.24, 2.45) is 0 Å². The molecule has 0 heterocycles. The summed E-state index contributed by atoms with van der Waals surface area (Å²) in [6, 6.07) is -0.548. The normalized spacial score (nSPS) is 13.8. The standard InChI is InChI=1S/C37H67NO3/c1-3-5-7-9-11-13-15-17-18-19-20-21-23-25-27-29-31-33-37(41)38-35(34-39)36(40)32-30-28-26-24-22-16-14-12-10-8-6-4-2/h5,7,11,13,17-18,20-21,35-36,39-40H,3-4,6,8-10,12,14-16,19,22-34H2,1-2H3,(H,38,41)/b7-5-,13-11-,18-17-,21-20-. The van der Waals surface area contributed by atoms with E-state index in [4.69, 9.17) is 0 Å². The van der Waals surface area contributed by atoms with Gasteiger partial charge in [0.15, 0.2) is 0 Å². The summed E-state index contributed by atoms with van der Waals surface area (Å²) in [4.78, 5) is 12.3. The Balaban J connectivity index is 3.67. The Morgan fingerprint density at radius 1 is 0.610 bits per heavy atom. The SMILES string of the molecule is CC/C=C\C/C=C\C/C=C\C/C=C\CCCCCCC(=O)NC(CO)C(O)CCCCCCCCCCCCCC. The molecule has 0 bridgehead atoms. The molecule has 0 saturated carbocycles. The second-order valence-electron chi connectivity index (χ2n) is 11.6. The van der Waals surface area contributed by atoms with Gasteiger partial charge < -0.3 is 15.5 Å². The van der Waals surface area contributed by atoms with Gasteiger partial charge >= 0.3 is 0 Å². The van der Waals surface area contributed by atoms with E-state index in [1.54, 1.807) is 0 Å². The molecule has 0 aromatic heterocycles. The number of rotatable bonds is 30. The average molecular weight is 574 g/mol. The Labute approximate surface area is 254 Å². The van der Waals surface area contributed by atoms with Gasteiger partial charge in [0, 0.05) is 6.42 Å². The third-order valence-corrected chi connectivity index (χ3v) is 7.60. The van der Waals surface area contributed by atoms with Crippen molar-refractivity contribution in [1.82, 2.24) is 5.32 Å². The molecule has 2 atom stereocenters. The number of hydrogen-bond donors (Lipinski definition) is 3. The Kier molecular flexibility index (Phi) is 31.5. The molecule has 41 heavy (non-hydrogen) atoms. The van der Waals surface area contributed by atoms with Gasteiger partial charge in [-0.1, -0.05) is 152 Å². The highest BCUT2D eigenvalue weighted by molar-refractivity contribution is 5.76. The van der Waals surface area contributed by atoms with Crippen molar-refractivity contribution < 1.29 is 15.0 Å². The molecule has 0 radical (unpaired) electrons. The lowest BCUT2D eigenvalue weighted by Gasteiger charge is -2.22. The summed E-state index contributed by atoms with van der Waals surface area (Å²) in [5, 5.41) is 23.0. The Bertz CT molecular complexity index is 667. The highest BCUT2D eigenvalue weighted by Gasteiger charge is 2.19. The van der Waals surface area contributed by atoms with E-state index in [0.29, 0.717) is 12.8 Å². The zero-order valence-electron chi connectivity index (χ0n) is 27.0. The minimum absolute atomic E-state index is 0.0586. The van der Waals surface area contributed by atoms with Crippen molar-refractivity contribution >= 4 is 5.91 Å². The van der Waals surface area contributed by atoms with Crippen LogP contribution in [0.15, 0.2) is 48.6 Å². The van der Waals surface area contributed by atoms with Crippen molar-refractivity contribution in [2.75, 3.05) is 6.61 Å². The Hall–Kier alpha value is -1.65. The maximum atomic E-state index is 12.3. The molecule has 0 fully saturated rings. The van der Waals surface area contributed by atoms with Crippen LogP contribution < -0.4 is 5.32 Å². The van der Waals surface area contributed by atoms with Crippen LogP contribution in [0.5, 0.6) is 0 Å². The number of allylic oxidation sites excluding steroid dienone is 8. The van der Waals surface area contributed by atoms with E-state index in [9.17, 15) is 15.0 Å². The summed E-state index contributed by atoms with van der Waals surface area (Å²) >= 11 is 0. The monoisotopic (exact) mass is 574 g/mol. The van der Waals surface area contributed by atoms with Crippen LogP contribution in [0, 0.1) is 0 Å². The number of amides is 1. The quantitative estimate of drug-likeness (QED) is 0.0591. The Morgan fingerprint density at radius 2 is 1.07 bits per heavy atom. The number of unbranched alkanes of at least 4 members (excludes halogenated alkanes) is 15. The van der Waals surface area contributed by atoms with E-state index >= 15 is 0 Å². The van der Waals surface area contributed by atoms with Crippen LogP contribution in [0.1, 0.15) is 162 Å². The first-order chi connectivity index (χ1) is 20.2. The van der Waals surface area contributed by atoms with Crippen LogP contribution in [-0.4, -0.2) is 34.9 Å². The third-order valence-electron chi connectivity index (χ3n) is 7.60. The fraction of sp³-hybridized carbons (Fsp3) is 0.757. The van der Waals surface area contributed by atoms with Gasteiger partial charge in [0.05, 0.1) is 18.8 Å². The predicted molar refractivity (Wildman–Crippen MR) is 179 cm³/mol. The van der Waals surface area contributed by atoms with Crippen LogP contribution in [0.3, 0.4) is 0 Å². The van der Waals surface area contributed by atoms with E-state index < -0.39 is 12.1 Å². The molecular weight excluding hydrogens is 506 g/mol. The summed E-state index contributed by atoms with van der Waals surface area (Å²) < 4.78 is 0. The molecule has 0 aliphatic carbocycles. The molecule has 0 aromatic carbocycles. The fourth-order valence-corrected chi connectivity index (χ4v) is 4.94. The van der Waals surface area contributed by atoms with Crippen LogP contribution in [0.2, 0.25) is 0 Å². The number of aliphatic hydroxyl groups is 2. The van der Waals surface area contributed by atoms with Gasteiger partial charge in [0.1, 0.15) is 0 Å². The van der Waals surface area contributed by atoms with Gasteiger partial charge in [-0.25, -0.2) is 0 Å². The first-order valence-electron chi connectivity index (χ1n) is 17.3. The van der Waals surface area contributed by atoms with E-state index in [1.165, 1.54) is 64.2 Å². The maximum absolute atomic E-state index is 12.3. The average Bonchev–Trinajstić information content (AvgIpc) is 2.97. The summed E-state index contributed by atoms with van der Waals surface area (Å²) in [6.07, 6.45) is 43.0. The maximum Gasteiger partial charge on any atom is 0.220 e. The molecule has 0 aromatic rings. The molecule has 3 N–H and O–H groups in total. The molecule has 2 unspecified atom stereocenters. The van der Waals surface area contributed by atoms with Gasteiger partial charge in [0.25, 0.3) is 0 Å². The molecule has 238 valence electrons. The van der Waals surface area contributed by atoms with Crippen LogP contribution >= 0.6 is 0 Å². The van der Waals surface area contributed by atoms with Crippen LogP contribution in [0.25, 0.3) is 0 Å². The summed E-state index contributed by atoms with van der Waals surface area (Å²) in [6.45, 7) is 4.21. The van der Waals surface area contributed by atoms with Crippen LogP contribution in [-0.2, 0) is 4.79 Å². The van der Waals surface area contributed by atoms with Crippen molar-refractivity contribution in [3.05, 3.63) is 48.6 Å². The molecular formula is C37H67NO3. The highest BCUT2D eigenvalue weighted by atomic mass is 16.3. The number of aliphatic hydroxyl groups excluding tert-OH is 2. The zero-order chi connectivity index (χ0) is 30.1. The Morgan fingerprint density at radius 3 is 1.61 bits per heavy atom. The zero-order valence-corrected chi connectivity index (χ0v) is 27.0. The van der Waals surface area contributed by atoms with E-state index in [0.717, 1.165) is 70.6 Å². The largest absolute Gasteiger partial charge is 0.394 e. The topological polar surface area (TPSA) is 69.6 Å². The minimum Gasteiger partial charge on any atom is -0.394 e. The van der Waals surface area contributed by atoms with Crippen molar-refractivity contribution in [1.29, 1.82) is 0 Å². The number of carbonyl (C=O) groups is 1. The van der Waals surface area contributed by atoms with E-state index in [-0.39, 0.29) is 12.5 Å². The number of nitrogens with one attached hydrogen (secondary N) is 1. The number of carbonyl (C=O) groups excluding carboxylic acids is 1. The van der Waals surface area contributed by atoms with Gasteiger partial charge in [-0.2, -0.15) is 0 Å². The second-order valence-corrected chi connectivity index (χ2v) is 11.6. The summed E-state index contributed by atoms with van der Waals surface area (Å²) in [7, 11) is 0. The fourth-order valence-electron chi connectivity index (χ4n) is 4.94. The van der Waals surface area contributed by atoms with Gasteiger partial charge in [-0.3, -0.25) is 4.79 Å². The molecule has 0 rings (SSSR count). The predicted octanol–water partition coefficient (Wildman–Crippen LogP) is 10.1. The molecule has 0 aliphatic heterocycles. The third kappa shape index (κ3) is 29.6. The molecule has 1 amide bonds. The second kappa shape index (κ2) is 32.9. The van der Waals surface area contributed by atoms with E-state index in [1.807, 2.05) is 0 Å². The van der Waals surface area contributed by atoms with Gasteiger partial charge in [0.2, 0.25) is 5.91 Å². The van der Waals surface area contributed by atoms with Crippen molar-refractivity contribution in [3.8, 4) is 0 Å². The summed E-state index contributed by atoms with van der Waals surface area (Å²) in [5.41, 5.74) is 0. The van der Waals surface area contributed by atoms with Gasteiger partial charge in [-0.05, 0) is 51.4 Å². The highest BCUT2D eigenvalue weighted by Crippen LogP contribution is 2.14. The first-order valence-corrected chi connectivity index (χ1v) is 17.3. The van der Waals surface area contributed by atoms with Crippen LogP contribution in [0.4, 0.5) is 0 Å². The number of hydrogen-bond acceptors (Lipinski definition) is 3. The molecule has 0 spiro atoms. The summed E-state index contributed by atoms with van der Waals surface area (Å²) in [5.74, 6) is -0.0586.